The van der Waals surface area contributed by atoms with Crippen molar-refractivity contribution in [2.75, 3.05) is 0 Å². The smallest absolute Gasteiger partial charge is 0.175 e. The summed E-state index contributed by atoms with van der Waals surface area (Å²) >= 11 is 6.58. The minimum atomic E-state index is 0.256. The lowest BCUT2D eigenvalue weighted by molar-refractivity contribution is 0.193. The molecule has 26 heavy (non-hydrogen) atoms. The van der Waals surface area contributed by atoms with Crippen molar-refractivity contribution in [1.29, 1.82) is 0 Å². The third-order valence-electron chi connectivity index (χ3n) is 4.00. The molecule has 3 heterocycles. The zero-order valence-electron chi connectivity index (χ0n) is 14.2. The van der Waals surface area contributed by atoms with E-state index in [1.807, 2.05) is 41.0 Å². The molecule has 130 valence electrons. The zero-order valence-corrected chi connectivity index (χ0v) is 14.9. The fraction of sp³-hybridized carbons (Fsp3) is 0.158. The second kappa shape index (κ2) is 6.72. The van der Waals surface area contributed by atoms with Gasteiger partial charge in [-0.1, -0.05) is 36.4 Å². The van der Waals surface area contributed by atoms with Gasteiger partial charge in [-0.15, -0.1) is 10.2 Å². The van der Waals surface area contributed by atoms with Crippen molar-refractivity contribution in [3.63, 3.8) is 0 Å². The Balaban J connectivity index is 1.90. The third kappa shape index (κ3) is 2.88. The number of rotatable bonds is 4. The van der Waals surface area contributed by atoms with Gasteiger partial charge in [0, 0.05) is 11.8 Å². The van der Waals surface area contributed by atoms with Gasteiger partial charge in [-0.05, 0) is 25.1 Å². The van der Waals surface area contributed by atoms with E-state index >= 15 is 0 Å². The SMILES string of the molecule is C=C(C)OCc1nnc2n1-c1c(Cl)cccc1C(c1ccccn1)=NC2. The fourth-order valence-corrected chi connectivity index (χ4v) is 3.14. The van der Waals surface area contributed by atoms with Crippen LogP contribution in [0.3, 0.4) is 0 Å². The summed E-state index contributed by atoms with van der Waals surface area (Å²) in [5.74, 6) is 1.96. The Labute approximate surface area is 155 Å². The molecule has 0 N–H and O–H groups in total. The first kappa shape index (κ1) is 16.5. The predicted molar refractivity (Wildman–Crippen MR) is 99.6 cm³/mol. The molecule has 3 aromatic rings. The number of benzene rings is 1. The molecular weight excluding hydrogens is 350 g/mol. The first-order valence-corrected chi connectivity index (χ1v) is 8.49. The molecule has 7 heteroatoms. The fourth-order valence-electron chi connectivity index (χ4n) is 2.89. The van der Waals surface area contributed by atoms with Crippen LogP contribution in [-0.2, 0) is 17.9 Å². The van der Waals surface area contributed by atoms with E-state index in [9.17, 15) is 0 Å². The Bertz CT molecular complexity index is 1010. The van der Waals surface area contributed by atoms with Crippen LogP contribution in [-0.4, -0.2) is 25.5 Å². The summed E-state index contributed by atoms with van der Waals surface area (Å²) in [6.07, 6.45) is 1.75. The highest BCUT2D eigenvalue weighted by molar-refractivity contribution is 6.33. The molecule has 0 saturated heterocycles. The highest BCUT2D eigenvalue weighted by Gasteiger charge is 2.25. The summed E-state index contributed by atoms with van der Waals surface area (Å²) in [5, 5.41) is 9.12. The molecule has 0 unspecified atom stereocenters. The Morgan fingerprint density at radius 1 is 1.23 bits per heavy atom. The monoisotopic (exact) mass is 365 g/mol. The second-order valence-electron chi connectivity index (χ2n) is 5.87. The van der Waals surface area contributed by atoms with Gasteiger partial charge in [0.2, 0.25) is 0 Å². The van der Waals surface area contributed by atoms with Gasteiger partial charge in [0.1, 0.15) is 13.2 Å². The number of nitrogens with zero attached hydrogens (tertiary/aromatic N) is 5. The van der Waals surface area contributed by atoms with Crippen LogP contribution < -0.4 is 0 Å². The maximum Gasteiger partial charge on any atom is 0.175 e. The number of aromatic nitrogens is 4. The van der Waals surface area contributed by atoms with E-state index in [1.165, 1.54) is 0 Å². The largest absolute Gasteiger partial charge is 0.491 e. The van der Waals surface area contributed by atoms with Crippen molar-refractivity contribution in [3.05, 3.63) is 82.9 Å². The van der Waals surface area contributed by atoms with E-state index in [1.54, 1.807) is 13.1 Å². The highest BCUT2D eigenvalue weighted by Crippen LogP contribution is 2.31. The number of pyridine rings is 1. The molecule has 1 aromatic carbocycles. The number of halogens is 1. The molecular formula is C19H16ClN5O. The van der Waals surface area contributed by atoms with Crippen molar-refractivity contribution in [2.24, 2.45) is 4.99 Å². The summed E-state index contributed by atoms with van der Waals surface area (Å²) in [4.78, 5) is 9.19. The van der Waals surface area contributed by atoms with Crippen molar-refractivity contribution >= 4 is 17.3 Å². The van der Waals surface area contributed by atoms with Crippen LogP contribution >= 0.6 is 11.6 Å². The van der Waals surface area contributed by atoms with E-state index in [-0.39, 0.29) is 6.61 Å². The van der Waals surface area contributed by atoms with E-state index in [0.717, 1.165) is 22.7 Å². The first-order chi connectivity index (χ1) is 12.6. The van der Waals surface area contributed by atoms with Gasteiger partial charge < -0.3 is 4.74 Å². The van der Waals surface area contributed by atoms with Gasteiger partial charge in [0.05, 0.1) is 27.9 Å². The Morgan fingerprint density at radius 3 is 2.88 bits per heavy atom. The number of allylic oxidation sites excluding steroid dienone is 1. The topological polar surface area (TPSA) is 65.2 Å². The molecule has 1 aliphatic rings. The maximum absolute atomic E-state index is 6.58. The number of fused-ring (bicyclic) bond motifs is 3. The number of hydrogen-bond acceptors (Lipinski definition) is 5. The van der Waals surface area contributed by atoms with Crippen molar-refractivity contribution in [1.82, 2.24) is 19.7 Å². The first-order valence-electron chi connectivity index (χ1n) is 8.11. The van der Waals surface area contributed by atoms with Crippen LogP contribution in [0.5, 0.6) is 0 Å². The molecule has 0 atom stereocenters. The van der Waals surface area contributed by atoms with Crippen LogP contribution in [0, 0.1) is 0 Å². The number of para-hydroxylation sites is 1. The standard InChI is InChI=1S/C19H16ClN5O/c1-12(2)26-11-17-24-23-16-10-22-18(15-8-3-4-9-21-15)13-6-5-7-14(20)19(13)25(16)17/h3-9H,1,10-11H2,2H3. The van der Waals surface area contributed by atoms with E-state index in [0.29, 0.717) is 29.0 Å². The maximum atomic E-state index is 6.58. The highest BCUT2D eigenvalue weighted by atomic mass is 35.5. The quantitative estimate of drug-likeness (QED) is 0.661. The Hall–Kier alpha value is -2.99. The van der Waals surface area contributed by atoms with Crippen molar-refractivity contribution in [2.45, 2.75) is 20.1 Å². The molecule has 0 fully saturated rings. The molecule has 0 amide bonds. The zero-order chi connectivity index (χ0) is 18.1. The molecule has 4 rings (SSSR count). The van der Waals surface area contributed by atoms with Gasteiger partial charge in [-0.3, -0.25) is 14.5 Å². The van der Waals surface area contributed by atoms with Crippen molar-refractivity contribution in [3.8, 4) is 5.69 Å². The molecule has 2 aromatic heterocycles. The Kier molecular flexibility index (Phi) is 4.26. The average molecular weight is 366 g/mol. The number of ether oxygens (including phenoxy) is 1. The summed E-state index contributed by atoms with van der Waals surface area (Å²) < 4.78 is 7.47. The molecule has 0 saturated carbocycles. The normalized spacial score (nSPS) is 12.6. The predicted octanol–water partition coefficient (Wildman–Crippen LogP) is 3.72. The number of hydrogen-bond donors (Lipinski definition) is 0. The minimum absolute atomic E-state index is 0.256. The number of aliphatic imine (C=N–C) groups is 1. The molecule has 6 nitrogen and oxygen atoms in total. The minimum Gasteiger partial charge on any atom is -0.491 e. The van der Waals surface area contributed by atoms with Gasteiger partial charge >= 0.3 is 0 Å². The van der Waals surface area contributed by atoms with Crippen LogP contribution in [0.4, 0.5) is 0 Å². The molecule has 0 bridgehead atoms. The summed E-state index contributed by atoms with van der Waals surface area (Å²) in [5.41, 5.74) is 3.23. The van der Waals surface area contributed by atoms with Gasteiger partial charge in [-0.2, -0.15) is 0 Å². The summed E-state index contributed by atoms with van der Waals surface area (Å²) in [6.45, 7) is 6.18. The van der Waals surface area contributed by atoms with E-state index in [2.05, 4.69) is 21.8 Å². The lowest BCUT2D eigenvalue weighted by atomic mass is 10.0. The molecule has 0 aliphatic carbocycles. The molecule has 0 spiro atoms. The van der Waals surface area contributed by atoms with Gasteiger partial charge in [0.25, 0.3) is 0 Å². The Morgan fingerprint density at radius 2 is 2.12 bits per heavy atom. The molecule has 0 radical (unpaired) electrons. The van der Waals surface area contributed by atoms with E-state index < -0.39 is 0 Å². The third-order valence-corrected chi connectivity index (χ3v) is 4.30. The van der Waals surface area contributed by atoms with Crippen LogP contribution in [0.1, 0.15) is 29.8 Å². The second-order valence-corrected chi connectivity index (χ2v) is 6.28. The van der Waals surface area contributed by atoms with Gasteiger partial charge in [0.15, 0.2) is 11.6 Å². The lowest BCUT2D eigenvalue weighted by Crippen LogP contribution is -2.11. The van der Waals surface area contributed by atoms with E-state index in [4.69, 9.17) is 21.3 Å². The van der Waals surface area contributed by atoms with Crippen LogP contribution in [0.15, 0.2) is 59.9 Å². The summed E-state index contributed by atoms with van der Waals surface area (Å²) in [6, 6.07) is 11.5. The lowest BCUT2D eigenvalue weighted by Gasteiger charge is -2.15. The van der Waals surface area contributed by atoms with Crippen molar-refractivity contribution < 1.29 is 4.74 Å². The summed E-state index contributed by atoms with van der Waals surface area (Å²) in [7, 11) is 0. The van der Waals surface area contributed by atoms with Crippen LogP contribution in [0.2, 0.25) is 5.02 Å². The molecule has 1 aliphatic heterocycles. The average Bonchev–Trinajstić information content (AvgIpc) is 2.95. The van der Waals surface area contributed by atoms with Gasteiger partial charge in [-0.25, -0.2) is 0 Å². The van der Waals surface area contributed by atoms with Crippen LogP contribution in [0.25, 0.3) is 5.69 Å².